The predicted molar refractivity (Wildman–Crippen MR) is 85.1 cm³/mol. The van der Waals surface area contributed by atoms with Gasteiger partial charge in [-0.05, 0) is 25.2 Å². The summed E-state index contributed by atoms with van der Waals surface area (Å²) in [6, 6.07) is 0.504. The van der Waals surface area contributed by atoms with Crippen molar-refractivity contribution < 1.29 is 0 Å². The molecule has 0 radical (unpaired) electrons. The van der Waals surface area contributed by atoms with Crippen LogP contribution in [0.15, 0.2) is 0 Å². The molecule has 4 nitrogen and oxygen atoms in total. The van der Waals surface area contributed by atoms with E-state index in [1.807, 2.05) is 0 Å². The molecule has 114 valence electrons. The van der Waals surface area contributed by atoms with Crippen LogP contribution in [0, 0.1) is 18.8 Å². The second-order valence-electron chi connectivity index (χ2n) is 6.79. The predicted octanol–water partition coefficient (Wildman–Crippen LogP) is 2.71. The monoisotopic (exact) mass is 278 g/mol. The standard InChI is InChI=1S/C16H30N4/c1-11(2)14-7-8-20(10-14)16-15(9-17-12(3)4)13(5)18-19(16)6/h11-12,14,17H,7-10H2,1-6H3. The molecule has 0 saturated carbocycles. The lowest BCUT2D eigenvalue weighted by Crippen LogP contribution is -2.27. The van der Waals surface area contributed by atoms with E-state index in [1.165, 1.54) is 24.3 Å². The number of rotatable bonds is 5. The van der Waals surface area contributed by atoms with Crippen LogP contribution in [0.5, 0.6) is 0 Å². The second kappa shape index (κ2) is 6.17. The van der Waals surface area contributed by atoms with Gasteiger partial charge in [0.1, 0.15) is 5.82 Å². The van der Waals surface area contributed by atoms with Crippen LogP contribution in [-0.4, -0.2) is 28.9 Å². The molecule has 4 heteroatoms. The lowest BCUT2D eigenvalue weighted by Gasteiger charge is -2.22. The summed E-state index contributed by atoms with van der Waals surface area (Å²) in [6.07, 6.45) is 1.30. The maximum atomic E-state index is 4.64. The molecule has 20 heavy (non-hydrogen) atoms. The van der Waals surface area contributed by atoms with Gasteiger partial charge >= 0.3 is 0 Å². The smallest absolute Gasteiger partial charge is 0.131 e. The van der Waals surface area contributed by atoms with E-state index in [0.717, 1.165) is 30.6 Å². The second-order valence-corrected chi connectivity index (χ2v) is 6.79. The van der Waals surface area contributed by atoms with Crippen molar-refractivity contribution in [3.8, 4) is 0 Å². The minimum atomic E-state index is 0.504. The van der Waals surface area contributed by atoms with Crippen molar-refractivity contribution in [2.24, 2.45) is 18.9 Å². The van der Waals surface area contributed by atoms with Crippen molar-refractivity contribution in [1.82, 2.24) is 15.1 Å². The molecule has 0 aliphatic carbocycles. The fourth-order valence-corrected chi connectivity index (χ4v) is 3.12. The zero-order valence-corrected chi connectivity index (χ0v) is 13.9. The molecule has 1 N–H and O–H groups in total. The number of hydrogen-bond acceptors (Lipinski definition) is 3. The highest BCUT2D eigenvalue weighted by atomic mass is 15.4. The van der Waals surface area contributed by atoms with Crippen LogP contribution < -0.4 is 10.2 Å². The van der Waals surface area contributed by atoms with Gasteiger partial charge in [0.2, 0.25) is 0 Å². The first kappa shape index (κ1) is 15.4. The van der Waals surface area contributed by atoms with Crippen LogP contribution >= 0.6 is 0 Å². The van der Waals surface area contributed by atoms with E-state index in [0.29, 0.717) is 6.04 Å². The molecule has 0 spiro atoms. The summed E-state index contributed by atoms with van der Waals surface area (Å²) in [5.41, 5.74) is 2.52. The Morgan fingerprint density at radius 2 is 2.00 bits per heavy atom. The van der Waals surface area contributed by atoms with E-state index in [4.69, 9.17) is 0 Å². The zero-order valence-electron chi connectivity index (χ0n) is 13.9. The maximum absolute atomic E-state index is 4.64. The third-order valence-corrected chi connectivity index (χ3v) is 4.47. The highest BCUT2D eigenvalue weighted by Gasteiger charge is 2.29. The van der Waals surface area contributed by atoms with Gasteiger partial charge in [0.05, 0.1) is 5.69 Å². The van der Waals surface area contributed by atoms with Gasteiger partial charge in [-0.2, -0.15) is 5.10 Å². The summed E-state index contributed by atoms with van der Waals surface area (Å²) in [5.74, 6) is 2.90. The Morgan fingerprint density at radius 3 is 2.55 bits per heavy atom. The van der Waals surface area contributed by atoms with Crippen LogP contribution in [0.25, 0.3) is 0 Å². The van der Waals surface area contributed by atoms with Gasteiger partial charge in [-0.25, -0.2) is 0 Å². The largest absolute Gasteiger partial charge is 0.356 e. The summed E-state index contributed by atoms with van der Waals surface area (Å²) in [5, 5.41) is 8.17. The van der Waals surface area contributed by atoms with Gasteiger partial charge < -0.3 is 10.2 Å². The van der Waals surface area contributed by atoms with Crippen LogP contribution in [0.3, 0.4) is 0 Å². The molecule has 1 aromatic rings. The van der Waals surface area contributed by atoms with E-state index < -0.39 is 0 Å². The molecule has 1 unspecified atom stereocenters. The van der Waals surface area contributed by atoms with Gasteiger partial charge in [0.15, 0.2) is 0 Å². The molecule has 1 aliphatic rings. The fraction of sp³-hybridized carbons (Fsp3) is 0.812. The minimum Gasteiger partial charge on any atom is -0.356 e. The highest BCUT2D eigenvalue weighted by molar-refractivity contribution is 5.51. The molecule has 1 aromatic heterocycles. The Bertz CT molecular complexity index is 448. The molecule has 0 aromatic carbocycles. The van der Waals surface area contributed by atoms with E-state index in [1.54, 1.807) is 0 Å². The van der Waals surface area contributed by atoms with Crippen molar-refractivity contribution in [3.63, 3.8) is 0 Å². The minimum absolute atomic E-state index is 0.504. The summed E-state index contributed by atoms with van der Waals surface area (Å²) < 4.78 is 2.06. The van der Waals surface area contributed by atoms with Crippen LogP contribution in [0.4, 0.5) is 5.82 Å². The van der Waals surface area contributed by atoms with E-state index in [2.05, 4.69) is 61.7 Å². The van der Waals surface area contributed by atoms with E-state index in [-0.39, 0.29) is 0 Å². The Kier molecular flexibility index (Phi) is 4.74. The number of nitrogens with one attached hydrogen (secondary N) is 1. The SMILES string of the molecule is Cc1nn(C)c(N2CCC(C(C)C)C2)c1CNC(C)C. The Hall–Kier alpha value is -1.03. The molecule has 2 heterocycles. The van der Waals surface area contributed by atoms with Crippen LogP contribution in [0.1, 0.15) is 45.4 Å². The molecule has 1 atom stereocenters. The van der Waals surface area contributed by atoms with Crippen molar-refractivity contribution in [3.05, 3.63) is 11.3 Å². The summed E-state index contributed by atoms with van der Waals surface area (Å²) in [6.45, 7) is 14.4. The van der Waals surface area contributed by atoms with Gasteiger partial charge in [-0.3, -0.25) is 4.68 Å². The highest BCUT2D eigenvalue weighted by Crippen LogP contribution is 2.31. The van der Waals surface area contributed by atoms with Gasteiger partial charge in [0, 0.05) is 38.3 Å². The van der Waals surface area contributed by atoms with Gasteiger partial charge in [0.25, 0.3) is 0 Å². The van der Waals surface area contributed by atoms with E-state index in [9.17, 15) is 0 Å². The van der Waals surface area contributed by atoms with Crippen LogP contribution in [-0.2, 0) is 13.6 Å². The van der Waals surface area contributed by atoms with Gasteiger partial charge in [-0.1, -0.05) is 27.7 Å². The first-order valence-corrected chi connectivity index (χ1v) is 7.91. The van der Waals surface area contributed by atoms with Crippen molar-refractivity contribution >= 4 is 5.82 Å². The quantitative estimate of drug-likeness (QED) is 0.899. The number of nitrogens with zero attached hydrogens (tertiary/aromatic N) is 3. The first-order valence-electron chi connectivity index (χ1n) is 7.91. The lowest BCUT2D eigenvalue weighted by atomic mass is 9.95. The normalized spacial score (nSPS) is 19.6. The third kappa shape index (κ3) is 3.17. The third-order valence-electron chi connectivity index (χ3n) is 4.47. The summed E-state index contributed by atoms with van der Waals surface area (Å²) >= 11 is 0. The lowest BCUT2D eigenvalue weighted by molar-refractivity contribution is 0.422. The molecular formula is C16H30N4. The molecule has 1 saturated heterocycles. The Morgan fingerprint density at radius 1 is 1.30 bits per heavy atom. The maximum Gasteiger partial charge on any atom is 0.131 e. The first-order chi connectivity index (χ1) is 9.40. The Labute approximate surface area is 123 Å². The summed E-state index contributed by atoms with van der Waals surface area (Å²) in [7, 11) is 2.07. The molecule has 0 bridgehead atoms. The average molecular weight is 278 g/mol. The van der Waals surface area contributed by atoms with Crippen molar-refractivity contribution in [2.75, 3.05) is 18.0 Å². The van der Waals surface area contributed by atoms with Gasteiger partial charge in [-0.15, -0.1) is 0 Å². The number of aryl methyl sites for hydroxylation is 2. The fourth-order valence-electron chi connectivity index (χ4n) is 3.12. The topological polar surface area (TPSA) is 33.1 Å². The molecule has 2 rings (SSSR count). The van der Waals surface area contributed by atoms with Crippen molar-refractivity contribution in [1.29, 1.82) is 0 Å². The van der Waals surface area contributed by atoms with Crippen LogP contribution in [0.2, 0.25) is 0 Å². The molecule has 1 fully saturated rings. The average Bonchev–Trinajstić information content (AvgIpc) is 2.91. The molecular weight excluding hydrogens is 248 g/mol. The number of anilines is 1. The Balaban J connectivity index is 2.18. The number of hydrogen-bond donors (Lipinski definition) is 1. The molecule has 1 aliphatic heterocycles. The zero-order chi connectivity index (χ0) is 14.9. The van der Waals surface area contributed by atoms with E-state index >= 15 is 0 Å². The van der Waals surface area contributed by atoms with Crippen molar-refractivity contribution in [2.45, 2.75) is 53.6 Å². The number of aromatic nitrogens is 2. The summed E-state index contributed by atoms with van der Waals surface area (Å²) in [4.78, 5) is 2.53. The molecule has 0 amide bonds.